The fraction of sp³-hybridized carbons (Fsp3) is 0.632. The standard InChI is InChI=1S/C19H26N4/c1-2-9-18-17(8-1)21-19(22-10-3-4-11-22)23(18)16-12-14-6-5-7-15(13-16)20-14/h1-2,8-9,14-16,20H,3-7,10-13H2. The highest BCUT2D eigenvalue weighted by atomic mass is 15.3. The maximum absolute atomic E-state index is 5.03. The highest BCUT2D eigenvalue weighted by Gasteiger charge is 2.34. The van der Waals surface area contributed by atoms with Crippen LogP contribution in [0.25, 0.3) is 11.0 Å². The van der Waals surface area contributed by atoms with E-state index in [0.717, 1.165) is 5.52 Å². The van der Waals surface area contributed by atoms with Gasteiger partial charge in [-0.1, -0.05) is 18.6 Å². The maximum Gasteiger partial charge on any atom is 0.206 e. The average molecular weight is 310 g/mol. The van der Waals surface area contributed by atoms with Gasteiger partial charge in [0.25, 0.3) is 0 Å². The Morgan fingerprint density at radius 2 is 1.70 bits per heavy atom. The Labute approximate surface area is 137 Å². The molecule has 3 aliphatic rings. The van der Waals surface area contributed by atoms with Crippen LogP contribution >= 0.6 is 0 Å². The number of anilines is 1. The molecule has 3 saturated heterocycles. The second kappa shape index (κ2) is 5.52. The number of nitrogens with zero attached hydrogens (tertiary/aromatic N) is 3. The first-order valence-electron chi connectivity index (χ1n) is 9.36. The molecule has 0 saturated carbocycles. The van der Waals surface area contributed by atoms with Crippen molar-refractivity contribution in [3.8, 4) is 0 Å². The highest BCUT2D eigenvalue weighted by molar-refractivity contribution is 5.79. The van der Waals surface area contributed by atoms with Crippen LogP contribution in [-0.2, 0) is 0 Å². The van der Waals surface area contributed by atoms with E-state index in [2.05, 4.69) is 39.0 Å². The Balaban J connectivity index is 1.59. The van der Waals surface area contributed by atoms with Gasteiger partial charge in [-0.3, -0.25) is 0 Å². The van der Waals surface area contributed by atoms with Crippen molar-refractivity contribution < 1.29 is 0 Å². The summed E-state index contributed by atoms with van der Waals surface area (Å²) >= 11 is 0. The Morgan fingerprint density at radius 3 is 2.48 bits per heavy atom. The number of para-hydroxylation sites is 2. The number of imidazole rings is 1. The number of rotatable bonds is 2. The first-order valence-corrected chi connectivity index (χ1v) is 9.36. The molecule has 0 radical (unpaired) electrons. The molecule has 2 aromatic rings. The normalized spacial score (nSPS) is 31.0. The van der Waals surface area contributed by atoms with Crippen LogP contribution in [0.5, 0.6) is 0 Å². The minimum atomic E-state index is 0.606. The second-order valence-corrected chi connectivity index (χ2v) is 7.58. The van der Waals surface area contributed by atoms with Crippen LogP contribution in [0.2, 0.25) is 0 Å². The van der Waals surface area contributed by atoms with E-state index in [4.69, 9.17) is 4.98 Å². The van der Waals surface area contributed by atoms with Crippen molar-refractivity contribution in [2.75, 3.05) is 18.0 Å². The van der Waals surface area contributed by atoms with Crippen LogP contribution < -0.4 is 10.2 Å². The molecule has 3 aliphatic heterocycles. The van der Waals surface area contributed by atoms with Crippen LogP contribution in [0, 0.1) is 0 Å². The lowest BCUT2D eigenvalue weighted by molar-refractivity contribution is 0.191. The van der Waals surface area contributed by atoms with Crippen molar-refractivity contribution in [3.63, 3.8) is 0 Å². The fourth-order valence-electron chi connectivity index (χ4n) is 4.98. The lowest BCUT2D eigenvalue weighted by atomic mass is 9.84. The van der Waals surface area contributed by atoms with E-state index in [0.29, 0.717) is 18.1 Å². The molecule has 2 bridgehead atoms. The van der Waals surface area contributed by atoms with Crippen molar-refractivity contribution in [1.29, 1.82) is 0 Å². The summed E-state index contributed by atoms with van der Waals surface area (Å²) in [4.78, 5) is 7.54. The average Bonchev–Trinajstić information content (AvgIpc) is 3.21. The van der Waals surface area contributed by atoms with Gasteiger partial charge in [0, 0.05) is 31.2 Å². The predicted octanol–water partition coefficient (Wildman–Crippen LogP) is 3.48. The number of hydrogen-bond donors (Lipinski definition) is 1. The summed E-state index contributed by atoms with van der Waals surface area (Å²) in [5, 5.41) is 3.83. The largest absolute Gasteiger partial charge is 0.342 e. The third-order valence-corrected chi connectivity index (χ3v) is 6.02. The zero-order valence-corrected chi connectivity index (χ0v) is 13.7. The Kier molecular flexibility index (Phi) is 3.32. The third kappa shape index (κ3) is 2.35. The van der Waals surface area contributed by atoms with Gasteiger partial charge in [0.15, 0.2) is 0 Å². The number of benzene rings is 1. The summed E-state index contributed by atoms with van der Waals surface area (Å²) in [6.07, 6.45) is 9.23. The van der Waals surface area contributed by atoms with Crippen molar-refractivity contribution in [1.82, 2.24) is 14.9 Å². The van der Waals surface area contributed by atoms with Crippen molar-refractivity contribution >= 4 is 17.0 Å². The van der Waals surface area contributed by atoms with Gasteiger partial charge in [-0.05, 0) is 50.7 Å². The van der Waals surface area contributed by atoms with E-state index in [1.54, 1.807) is 0 Å². The molecule has 122 valence electrons. The minimum Gasteiger partial charge on any atom is -0.342 e. The zero-order chi connectivity index (χ0) is 15.2. The van der Waals surface area contributed by atoms with E-state index in [1.165, 1.54) is 69.5 Å². The van der Waals surface area contributed by atoms with Gasteiger partial charge in [-0.2, -0.15) is 0 Å². The van der Waals surface area contributed by atoms with E-state index in [1.807, 2.05) is 0 Å². The number of aromatic nitrogens is 2. The van der Waals surface area contributed by atoms with Crippen molar-refractivity contribution in [3.05, 3.63) is 24.3 Å². The first-order chi connectivity index (χ1) is 11.4. The molecule has 1 aromatic heterocycles. The van der Waals surface area contributed by atoms with Gasteiger partial charge in [-0.25, -0.2) is 4.98 Å². The monoisotopic (exact) mass is 310 g/mol. The summed E-state index contributed by atoms with van der Waals surface area (Å²) in [6.45, 7) is 2.34. The molecule has 4 heteroatoms. The molecule has 1 N–H and O–H groups in total. The number of nitrogens with one attached hydrogen (secondary N) is 1. The summed E-state index contributed by atoms with van der Waals surface area (Å²) < 4.78 is 2.59. The minimum absolute atomic E-state index is 0.606. The molecule has 2 unspecified atom stereocenters. The third-order valence-electron chi connectivity index (χ3n) is 6.02. The van der Waals surface area contributed by atoms with Gasteiger partial charge >= 0.3 is 0 Å². The predicted molar refractivity (Wildman–Crippen MR) is 94.0 cm³/mol. The zero-order valence-electron chi connectivity index (χ0n) is 13.7. The van der Waals surface area contributed by atoms with Crippen LogP contribution in [0.15, 0.2) is 24.3 Å². The first kappa shape index (κ1) is 13.8. The molecule has 1 aromatic carbocycles. The molecule has 0 amide bonds. The number of piperidine rings is 2. The summed E-state index contributed by atoms with van der Waals surface area (Å²) in [5.41, 5.74) is 2.50. The van der Waals surface area contributed by atoms with Crippen molar-refractivity contribution in [2.24, 2.45) is 0 Å². The number of hydrogen-bond acceptors (Lipinski definition) is 3. The highest BCUT2D eigenvalue weighted by Crippen LogP contribution is 2.38. The van der Waals surface area contributed by atoms with Gasteiger partial charge in [0.1, 0.15) is 0 Å². The molecule has 2 atom stereocenters. The van der Waals surface area contributed by atoms with Crippen LogP contribution in [0.1, 0.15) is 51.0 Å². The SMILES string of the molecule is c1ccc2c(c1)nc(N1CCCC1)n2C1CC2CCCC(C1)N2. The molecule has 0 aliphatic carbocycles. The van der Waals surface area contributed by atoms with E-state index < -0.39 is 0 Å². The molecule has 4 heterocycles. The van der Waals surface area contributed by atoms with Gasteiger partial charge < -0.3 is 14.8 Å². The molecular weight excluding hydrogens is 284 g/mol. The van der Waals surface area contributed by atoms with E-state index in [-0.39, 0.29) is 0 Å². The molecule has 23 heavy (non-hydrogen) atoms. The number of fused-ring (bicyclic) bond motifs is 3. The summed E-state index contributed by atoms with van der Waals surface area (Å²) in [6, 6.07) is 10.7. The molecule has 0 spiro atoms. The Bertz CT molecular complexity index is 688. The van der Waals surface area contributed by atoms with Gasteiger partial charge in [-0.15, -0.1) is 0 Å². The topological polar surface area (TPSA) is 33.1 Å². The molecular formula is C19H26N4. The lowest BCUT2D eigenvalue weighted by Gasteiger charge is -2.41. The Hall–Kier alpha value is -1.55. The van der Waals surface area contributed by atoms with Crippen molar-refractivity contribution in [2.45, 2.75) is 63.1 Å². The van der Waals surface area contributed by atoms with Gasteiger partial charge in [0.2, 0.25) is 5.95 Å². The molecule has 4 nitrogen and oxygen atoms in total. The van der Waals surface area contributed by atoms with Crippen LogP contribution in [-0.4, -0.2) is 34.7 Å². The summed E-state index contributed by atoms with van der Waals surface area (Å²) in [5.74, 6) is 1.23. The van der Waals surface area contributed by atoms with E-state index >= 15 is 0 Å². The quantitative estimate of drug-likeness (QED) is 0.922. The molecule has 5 rings (SSSR count). The van der Waals surface area contributed by atoms with Gasteiger partial charge in [0.05, 0.1) is 11.0 Å². The summed E-state index contributed by atoms with van der Waals surface area (Å²) in [7, 11) is 0. The Morgan fingerprint density at radius 1 is 0.957 bits per heavy atom. The molecule has 3 fully saturated rings. The second-order valence-electron chi connectivity index (χ2n) is 7.58. The maximum atomic E-state index is 5.03. The van der Waals surface area contributed by atoms with Crippen LogP contribution in [0.3, 0.4) is 0 Å². The smallest absolute Gasteiger partial charge is 0.206 e. The van der Waals surface area contributed by atoms with E-state index in [9.17, 15) is 0 Å². The van der Waals surface area contributed by atoms with Crippen LogP contribution in [0.4, 0.5) is 5.95 Å². The fourth-order valence-corrected chi connectivity index (χ4v) is 4.98. The lowest BCUT2D eigenvalue weighted by Crippen LogP contribution is -2.49.